The van der Waals surface area contributed by atoms with E-state index in [9.17, 15) is 14.0 Å². The quantitative estimate of drug-likeness (QED) is 0.637. The van der Waals surface area contributed by atoms with E-state index in [1.165, 1.54) is 6.07 Å². The maximum Gasteiger partial charge on any atom is 0.311 e. The number of rotatable bonds is 3. The van der Waals surface area contributed by atoms with Crippen LogP contribution in [0.25, 0.3) is 0 Å². The third-order valence-electron chi connectivity index (χ3n) is 2.29. The molecule has 1 N–H and O–H groups in total. The number of ketones is 1. The molecule has 0 saturated carbocycles. The number of ether oxygens (including phenoxy) is 2. The molecule has 1 aliphatic rings. The molecule has 0 spiro atoms. The highest BCUT2D eigenvalue weighted by molar-refractivity contribution is 6.07. The van der Waals surface area contributed by atoms with Gasteiger partial charge < -0.3 is 14.6 Å². The number of fused-ring (bicyclic) bond motifs is 1. The van der Waals surface area contributed by atoms with E-state index in [0.29, 0.717) is 5.56 Å². The summed E-state index contributed by atoms with van der Waals surface area (Å²) in [5, 5.41) is 8.54. The molecule has 0 atom stereocenters. The molecule has 5 nitrogen and oxygen atoms in total. The Labute approximate surface area is 95.8 Å². The van der Waals surface area contributed by atoms with Gasteiger partial charge in [-0.3, -0.25) is 9.59 Å². The predicted octanol–water partition coefficient (Wildman–Crippen LogP) is 1.35. The number of carboxylic acid groups (broad SMARTS) is 1. The van der Waals surface area contributed by atoms with Crippen LogP contribution in [0.2, 0.25) is 0 Å². The number of hydrogen-bond donors (Lipinski definition) is 1. The Morgan fingerprint density at radius 3 is 2.88 bits per heavy atom. The molecule has 0 bridgehead atoms. The first kappa shape index (κ1) is 11.5. The Morgan fingerprint density at radius 1 is 1.41 bits per heavy atom. The summed E-state index contributed by atoms with van der Waals surface area (Å²) >= 11 is 0. The zero-order valence-electron chi connectivity index (χ0n) is 8.73. The largest absolute Gasteiger partial charge is 0.481 e. The van der Waals surface area contributed by atoms with Crippen LogP contribution >= 0.6 is 0 Å². The summed E-state index contributed by atoms with van der Waals surface area (Å²) in [5.74, 6) is -2.36. The van der Waals surface area contributed by atoms with Crippen molar-refractivity contribution in [2.45, 2.75) is 13.0 Å². The van der Waals surface area contributed by atoms with Crippen molar-refractivity contribution in [2.24, 2.45) is 0 Å². The fourth-order valence-corrected chi connectivity index (χ4v) is 1.62. The second-order valence-corrected chi connectivity index (χ2v) is 3.55. The summed E-state index contributed by atoms with van der Waals surface area (Å²) in [6, 6.07) is 2.18. The van der Waals surface area contributed by atoms with Crippen LogP contribution < -0.4 is 4.74 Å². The number of carboxylic acids is 1. The summed E-state index contributed by atoms with van der Waals surface area (Å²) in [5.41, 5.74) is 0.357. The topological polar surface area (TPSA) is 72.8 Å². The van der Waals surface area contributed by atoms with E-state index in [-0.39, 0.29) is 24.7 Å². The Morgan fingerprint density at radius 2 is 2.18 bits per heavy atom. The van der Waals surface area contributed by atoms with Gasteiger partial charge in [-0.1, -0.05) is 0 Å². The predicted molar refractivity (Wildman–Crippen MR) is 53.3 cm³/mol. The van der Waals surface area contributed by atoms with Gasteiger partial charge in [-0.15, -0.1) is 0 Å². The van der Waals surface area contributed by atoms with Gasteiger partial charge >= 0.3 is 5.97 Å². The first-order valence-electron chi connectivity index (χ1n) is 4.86. The van der Waals surface area contributed by atoms with Crippen molar-refractivity contribution in [1.82, 2.24) is 0 Å². The lowest BCUT2D eigenvalue weighted by Crippen LogP contribution is -2.17. The number of hydrogen-bond acceptors (Lipinski definition) is 4. The molecule has 0 fully saturated rings. The summed E-state index contributed by atoms with van der Waals surface area (Å²) in [6.07, 6.45) is -0.694. The molecule has 1 aromatic rings. The first-order chi connectivity index (χ1) is 8.08. The molecule has 0 amide bonds. The molecule has 17 heavy (non-hydrogen) atoms. The minimum Gasteiger partial charge on any atom is -0.481 e. The van der Waals surface area contributed by atoms with Crippen molar-refractivity contribution in [1.29, 1.82) is 0 Å². The third kappa shape index (κ3) is 2.42. The van der Waals surface area contributed by atoms with E-state index in [0.717, 1.165) is 6.07 Å². The van der Waals surface area contributed by atoms with Crippen molar-refractivity contribution in [2.75, 3.05) is 6.79 Å². The average molecular weight is 240 g/mol. The summed E-state index contributed by atoms with van der Waals surface area (Å²) < 4.78 is 23.3. The average Bonchev–Trinajstić information content (AvgIpc) is 2.26. The van der Waals surface area contributed by atoms with E-state index < -0.39 is 24.0 Å². The molecule has 90 valence electrons. The Bertz CT molecular complexity index is 483. The van der Waals surface area contributed by atoms with Gasteiger partial charge in [0.25, 0.3) is 0 Å². The van der Waals surface area contributed by atoms with E-state index in [1.807, 2.05) is 0 Å². The number of carbonyl (C=O) groups excluding carboxylic acids is 1. The van der Waals surface area contributed by atoms with Crippen molar-refractivity contribution >= 4 is 11.8 Å². The fraction of sp³-hybridized carbons (Fsp3) is 0.273. The summed E-state index contributed by atoms with van der Waals surface area (Å²) in [7, 11) is 0. The minimum atomic E-state index is -1.26. The maximum absolute atomic E-state index is 13.2. The molecule has 2 rings (SSSR count). The SMILES string of the molecule is O=C(O)CC(=O)c1cc(F)cc2c1OCOC2. The number of carbonyl (C=O) groups is 2. The van der Waals surface area contributed by atoms with Gasteiger partial charge in [-0.25, -0.2) is 4.39 Å². The van der Waals surface area contributed by atoms with Gasteiger partial charge in [0, 0.05) is 5.56 Å². The molecule has 0 aliphatic carbocycles. The monoisotopic (exact) mass is 240 g/mol. The molecule has 0 radical (unpaired) electrons. The summed E-state index contributed by atoms with van der Waals surface area (Å²) in [6.45, 7) is 0.104. The second-order valence-electron chi connectivity index (χ2n) is 3.55. The van der Waals surface area contributed by atoms with Gasteiger partial charge in [0.15, 0.2) is 12.6 Å². The second kappa shape index (κ2) is 4.50. The van der Waals surface area contributed by atoms with Gasteiger partial charge in [-0.2, -0.15) is 0 Å². The van der Waals surface area contributed by atoms with Crippen LogP contribution in [0.1, 0.15) is 22.3 Å². The molecule has 6 heteroatoms. The molecule has 1 heterocycles. The molecule has 1 aliphatic heterocycles. The first-order valence-corrected chi connectivity index (χ1v) is 4.86. The van der Waals surface area contributed by atoms with E-state index in [2.05, 4.69) is 0 Å². The van der Waals surface area contributed by atoms with Crippen molar-refractivity contribution in [3.63, 3.8) is 0 Å². The number of aliphatic carboxylic acids is 1. The molecule has 0 unspecified atom stereocenters. The molecule has 0 aromatic heterocycles. The van der Waals surface area contributed by atoms with Gasteiger partial charge in [0.05, 0.1) is 12.2 Å². The number of halogens is 1. The molecule has 0 saturated heterocycles. The van der Waals surface area contributed by atoms with Gasteiger partial charge in [-0.05, 0) is 12.1 Å². The fourth-order valence-electron chi connectivity index (χ4n) is 1.62. The van der Waals surface area contributed by atoms with Crippen molar-refractivity contribution in [3.8, 4) is 5.75 Å². The summed E-state index contributed by atoms with van der Waals surface area (Å²) in [4.78, 5) is 22.1. The lowest BCUT2D eigenvalue weighted by atomic mass is 10.0. The van der Waals surface area contributed by atoms with Crippen LogP contribution in [0.5, 0.6) is 5.75 Å². The smallest absolute Gasteiger partial charge is 0.311 e. The number of Topliss-reactive ketones (excluding diaryl/α,β-unsaturated/α-hetero) is 1. The lowest BCUT2D eigenvalue weighted by molar-refractivity contribution is -0.135. The normalized spacial score (nSPS) is 13.7. The number of benzene rings is 1. The minimum absolute atomic E-state index is 0.0357. The van der Waals surface area contributed by atoms with Crippen LogP contribution in [0.15, 0.2) is 12.1 Å². The van der Waals surface area contributed by atoms with E-state index in [1.54, 1.807) is 0 Å². The zero-order valence-corrected chi connectivity index (χ0v) is 8.73. The van der Waals surface area contributed by atoms with E-state index in [4.69, 9.17) is 14.6 Å². The van der Waals surface area contributed by atoms with Crippen LogP contribution in [0, 0.1) is 5.82 Å². The third-order valence-corrected chi connectivity index (χ3v) is 2.29. The Kier molecular flexibility index (Phi) is 3.06. The van der Waals surface area contributed by atoms with E-state index >= 15 is 0 Å². The Balaban J connectivity index is 2.42. The molecular formula is C11H9FO5. The standard InChI is InChI=1S/C11H9FO5/c12-7-1-6-4-16-5-17-11(6)8(2-7)9(13)3-10(14)15/h1-2H,3-5H2,(H,14,15). The van der Waals surface area contributed by atoms with Crippen LogP contribution in [0.3, 0.4) is 0 Å². The maximum atomic E-state index is 13.2. The van der Waals surface area contributed by atoms with Crippen LogP contribution in [0.4, 0.5) is 4.39 Å². The molecule has 1 aromatic carbocycles. The van der Waals surface area contributed by atoms with Crippen LogP contribution in [-0.4, -0.2) is 23.7 Å². The molecular weight excluding hydrogens is 231 g/mol. The Hall–Kier alpha value is -1.95. The van der Waals surface area contributed by atoms with Crippen LogP contribution in [-0.2, 0) is 16.1 Å². The van der Waals surface area contributed by atoms with Crippen molar-refractivity contribution in [3.05, 3.63) is 29.1 Å². The zero-order chi connectivity index (χ0) is 12.4. The van der Waals surface area contributed by atoms with Gasteiger partial charge in [0.2, 0.25) is 0 Å². The highest BCUT2D eigenvalue weighted by atomic mass is 19.1. The highest BCUT2D eigenvalue weighted by Gasteiger charge is 2.22. The lowest BCUT2D eigenvalue weighted by Gasteiger charge is -2.20. The van der Waals surface area contributed by atoms with Crippen molar-refractivity contribution < 1.29 is 28.6 Å². The highest BCUT2D eigenvalue weighted by Crippen LogP contribution is 2.30. The van der Waals surface area contributed by atoms with Gasteiger partial charge in [0.1, 0.15) is 18.0 Å².